The fraction of sp³-hybridized carbons (Fsp3) is 0.133. The normalized spacial score (nSPS) is 10.2. The second-order valence-corrected chi connectivity index (χ2v) is 4.39. The first-order valence-corrected chi connectivity index (χ1v) is 6.02. The number of anilines is 2. The standard InChI is InChI=1S/C15H15FN2O2/c1-9-3-5-11(16)13(7-9)18-15(19)10-4-6-14(20-2)12(17)8-10/h3-8H,17H2,1-2H3,(H,18,19). The Bertz CT molecular complexity index is 656. The molecule has 0 saturated heterocycles. The van der Waals surface area contributed by atoms with E-state index < -0.39 is 11.7 Å². The fourth-order valence-electron chi connectivity index (χ4n) is 1.80. The van der Waals surface area contributed by atoms with Crippen molar-refractivity contribution >= 4 is 17.3 Å². The smallest absolute Gasteiger partial charge is 0.255 e. The second kappa shape index (κ2) is 5.61. The van der Waals surface area contributed by atoms with Gasteiger partial charge in [0.15, 0.2) is 0 Å². The van der Waals surface area contributed by atoms with E-state index in [0.717, 1.165) is 5.56 Å². The number of nitrogens with two attached hydrogens (primary N) is 1. The minimum atomic E-state index is -0.481. The molecule has 2 aromatic rings. The van der Waals surface area contributed by atoms with Gasteiger partial charge in [-0.2, -0.15) is 0 Å². The Morgan fingerprint density at radius 1 is 1.25 bits per heavy atom. The van der Waals surface area contributed by atoms with Crippen LogP contribution in [-0.4, -0.2) is 13.0 Å². The number of nitrogens with one attached hydrogen (secondary N) is 1. The molecule has 20 heavy (non-hydrogen) atoms. The van der Waals surface area contributed by atoms with Gasteiger partial charge >= 0.3 is 0 Å². The molecule has 104 valence electrons. The lowest BCUT2D eigenvalue weighted by molar-refractivity contribution is 0.102. The van der Waals surface area contributed by atoms with Crippen LogP contribution < -0.4 is 15.8 Å². The molecule has 0 atom stereocenters. The summed E-state index contributed by atoms with van der Waals surface area (Å²) in [7, 11) is 1.49. The maximum atomic E-state index is 13.6. The average Bonchev–Trinajstić information content (AvgIpc) is 2.42. The van der Waals surface area contributed by atoms with Crippen molar-refractivity contribution in [2.75, 3.05) is 18.2 Å². The first-order valence-electron chi connectivity index (χ1n) is 6.02. The first kappa shape index (κ1) is 13.9. The topological polar surface area (TPSA) is 64.3 Å². The van der Waals surface area contributed by atoms with Crippen molar-refractivity contribution < 1.29 is 13.9 Å². The van der Waals surface area contributed by atoms with Gasteiger partial charge < -0.3 is 15.8 Å². The Balaban J connectivity index is 2.24. The summed E-state index contributed by atoms with van der Waals surface area (Å²) in [5.74, 6) is -0.419. The summed E-state index contributed by atoms with van der Waals surface area (Å²) in [4.78, 5) is 12.1. The number of carbonyl (C=O) groups excluding carboxylic acids is 1. The number of hydrogen-bond acceptors (Lipinski definition) is 3. The minimum Gasteiger partial charge on any atom is -0.495 e. The van der Waals surface area contributed by atoms with Crippen LogP contribution in [0.2, 0.25) is 0 Å². The zero-order valence-corrected chi connectivity index (χ0v) is 11.2. The highest BCUT2D eigenvalue weighted by Crippen LogP contribution is 2.23. The maximum absolute atomic E-state index is 13.6. The van der Waals surface area contributed by atoms with Crippen molar-refractivity contribution in [2.45, 2.75) is 6.92 Å². The molecule has 3 N–H and O–H groups in total. The van der Waals surface area contributed by atoms with E-state index >= 15 is 0 Å². The molecule has 0 bridgehead atoms. The number of amides is 1. The van der Waals surface area contributed by atoms with Gasteiger partial charge in [-0.25, -0.2) is 4.39 Å². The second-order valence-electron chi connectivity index (χ2n) is 4.39. The van der Waals surface area contributed by atoms with Crippen molar-refractivity contribution in [1.29, 1.82) is 0 Å². The van der Waals surface area contributed by atoms with Crippen LogP contribution in [0.25, 0.3) is 0 Å². The molecular formula is C15H15FN2O2. The fourth-order valence-corrected chi connectivity index (χ4v) is 1.80. The quantitative estimate of drug-likeness (QED) is 0.846. The summed E-state index contributed by atoms with van der Waals surface area (Å²) in [6.07, 6.45) is 0. The Labute approximate surface area is 116 Å². The third-order valence-corrected chi connectivity index (χ3v) is 2.86. The predicted octanol–water partition coefficient (Wildman–Crippen LogP) is 2.98. The molecule has 1 amide bonds. The largest absolute Gasteiger partial charge is 0.495 e. The molecule has 2 rings (SSSR count). The van der Waals surface area contributed by atoms with E-state index in [1.807, 2.05) is 6.92 Å². The van der Waals surface area contributed by atoms with Crippen LogP contribution in [-0.2, 0) is 0 Å². The average molecular weight is 274 g/mol. The molecule has 0 aromatic heterocycles. The highest BCUT2D eigenvalue weighted by atomic mass is 19.1. The van der Waals surface area contributed by atoms with E-state index in [1.165, 1.54) is 19.2 Å². The summed E-state index contributed by atoms with van der Waals surface area (Å²) < 4.78 is 18.6. The SMILES string of the molecule is COc1ccc(C(=O)Nc2cc(C)ccc2F)cc1N. The van der Waals surface area contributed by atoms with E-state index in [1.54, 1.807) is 24.3 Å². The van der Waals surface area contributed by atoms with Gasteiger partial charge in [0.25, 0.3) is 5.91 Å². The van der Waals surface area contributed by atoms with Crippen molar-refractivity contribution in [3.05, 3.63) is 53.3 Å². The summed E-state index contributed by atoms with van der Waals surface area (Å²) in [5, 5.41) is 2.52. The van der Waals surface area contributed by atoms with E-state index in [2.05, 4.69) is 5.32 Å². The number of halogens is 1. The number of hydrogen-bond donors (Lipinski definition) is 2. The minimum absolute atomic E-state index is 0.143. The molecular weight excluding hydrogens is 259 g/mol. The lowest BCUT2D eigenvalue weighted by Crippen LogP contribution is -2.13. The van der Waals surface area contributed by atoms with Gasteiger partial charge in [-0.05, 0) is 42.8 Å². The van der Waals surface area contributed by atoms with Crippen LogP contribution in [0.15, 0.2) is 36.4 Å². The number of nitrogen functional groups attached to an aromatic ring is 1. The van der Waals surface area contributed by atoms with Crippen molar-refractivity contribution in [2.24, 2.45) is 0 Å². The number of benzene rings is 2. The van der Waals surface area contributed by atoms with Crippen LogP contribution in [0.1, 0.15) is 15.9 Å². The summed E-state index contributed by atoms with van der Waals surface area (Å²) in [5.41, 5.74) is 7.43. The molecule has 0 radical (unpaired) electrons. The number of methoxy groups -OCH3 is 1. The lowest BCUT2D eigenvalue weighted by atomic mass is 10.1. The van der Waals surface area contributed by atoms with E-state index in [-0.39, 0.29) is 5.69 Å². The van der Waals surface area contributed by atoms with Crippen LogP contribution >= 0.6 is 0 Å². The molecule has 0 aliphatic rings. The molecule has 0 saturated carbocycles. The number of aryl methyl sites for hydroxylation is 1. The molecule has 0 aliphatic carbocycles. The highest BCUT2D eigenvalue weighted by Gasteiger charge is 2.11. The molecule has 0 aliphatic heterocycles. The molecule has 0 unspecified atom stereocenters. The van der Waals surface area contributed by atoms with Crippen molar-refractivity contribution in [3.8, 4) is 5.75 Å². The van der Waals surface area contributed by atoms with Gasteiger partial charge in [-0.15, -0.1) is 0 Å². The van der Waals surface area contributed by atoms with Crippen molar-refractivity contribution in [3.63, 3.8) is 0 Å². The van der Waals surface area contributed by atoms with Gasteiger partial charge in [0.05, 0.1) is 18.5 Å². The molecule has 2 aromatic carbocycles. The van der Waals surface area contributed by atoms with Gasteiger partial charge in [-0.3, -0.25) is 4.79 Å². The Hall–Kier alpha value is -2.56. The van der Waals surface area contributed by atoms with Crippen LogP contribution in [0.3, 0.4) is 0 Å². The predicted molar refractivity (Wildman–Crippen MR) is 76.5 cm³/mol. The highest BCUT2D eigenvalue weighted by molar-refractivity contribution is 6.05. The lowest BCUT2D eigenvalue weighted by Gasteiger charge is -2.09. The maximum Gasteiger partial charge on any atom is 0.255 e. The molecule has 4 nitrogen and oxygen atoms in total. The van der Waals surface area contributed by atoms with Crippen molar-refractivity contribution in [1.82, 2.24) is 0 Å². The van der Waals surface area contributed by atoms with Crippen LogP contribution in [0.5, 0.6) is 5.75 Å². The molecule has 5 heteroatoms. The molecule has 0 fully saturated rings. The van der Waals surface area contributed by atoms with Crippen LogP contribution in [0.4, 0.5) is 15.8 Å². The molecule has 0 heterocycles. The monoisotopic (exact) mass is 274 g/mol. The Morgan fingerprint density at radius 2 is 2.00 bits per heavy atom. The Morgan fingerprint density at radius 3 is 2.65 bits per heavy atom. The van der Waals surface area contributed by atoms with Gasteiger partial charge in [-0.1, -0.05) is 6.07 Å². The van der Waals surface area contributed by atoms with Gasteiger partial charge in [0, 0.05) is 5.56 Å². The van der Waals surface area contributed by atoms with E-state index in [4.69, 9.17) is 10.5 Å². The summed E-state index contributed by atoms with van der Waals surface area (Å²) in [6, 6.07) is 9.17. The van der Waals surface area contributed by atoms with Gasteiger partial charge in [0.1, 0.15) is 11.6 Å². The van der Waals surface area contributed by atoms with Gasteiger partial charge in [0.2, 0.25) is 0 Å². The molecule has 0 spiro atoms. The first-order chi connectivity index (χ1) is 9.51. The summed E-state index contributed by atoms with van der Waals surface area (Å²) in [6.45, 7) is 1.82. The third-order valence-electron chi connectivity index (χ3n) is 2.86. The Kier molecular flexibility index (Phi) is 3.89. The zero-order valence-electron chi connectivity index (χ0n) is 11.2. The summed E-state index contributed by atoms with van der Waals surface area (Å²) >= 11 is 0. The van der Waals surface area contributed by atoms with E-state index in [9.17, 15) is 9.18 Å². The number of ether oxygens (including phenoxy) is 1. The number of carbonyl (C=O) groups is 1. The van der Waals surface area contributed by atoms with Crippen LogP contribution in [0, 0.1) is 12.7 Å². The third kappa shape index (κ3) is 2.88. The van der Waals surface area contributed by atoms with E-state index in [0.29, 0.717) is 17.0 Å². The number of rotatable bonds is 3. The zero-order chi connectivity index (χ0) is 14.7.